The average molecular weight is 304 g/mol. The van der Waals surface area contributed by atoms with E-state index in [0.717, 1.165) is 16.8 Å². The number of aromatic nitrogens is 2. The lowest BCUT2D eigenvalue weighted by molar-refractivity contribution is -0.246. The third-order valence-electron chi connectivity index (χ3n) is 3.77. The first-order valence-corrected chi connectivity index (χ1v) is 7.50. The fourth-order valence-electron chi connectivity index (χ4n) is 2.21. The molecule has 3 nitrogen and oxygen atoms in total. The molecule has 0 N–H and O–H groups in total. The SMILES string of the molecule is CCC(F)(F)OCc1cc(-c2ccc(C3CC3)nc2)ccn1. The van der Waals surface area contributed by atoms with Gasteiger partial charge in [-0.15, -0.1) is 0 Å². The van der Waals surface area contributed by atoms with Crippen LogP contribution in [0.4, 0.5) is 8.78 Å². The summed E-state index contributed by atoms with van der Waals surface area (Å²) in [6, 6.07) is 7.66. The summed E-state index contributed by atoms with van der Waals surface area (Å²) >= 11 is 0. The Balaban J connectivity index is 1.72. The lowest BCUT2D eigenvalue weighted by Crippen LogP contribution is -2.19. The van der Waals surface area contributed by atoms with E-state index in [4.69, 9.17) is 0 Å². The predicted octanol–water partition coefficient (Wildman–Crippen LogP) is 4.54. The van der Waals surface area contributed by atoms with E-state index in [-0.39, 0.29) is 13.0 Å². The summed E-state index contributed by atoms with van der Waals surface area (Å²) in [7, 11) is 0. The largest absolute Gasteiger partial charge is 0.355 e. The van der Waals surface area contributed by atoms with Crippen LogP contribution in [0, 0.1) is 0 Å². The Kier molecular flexibility index (Phi) is 4.16. The number of rotatable bonds is 6. The van der Waals surface area contributed by atoms with Gasteiger partial charge in [-0.3, -0.25) is 9.97 Å². The van der Waals surface area contributed by atoms with Gasteiger partial charge in [0.05, 0.1) is 12.3 Å². The molecular formula is C17H18F2N2O. The van der Waals surface area contributed by atoms with E-state index in [0.29, 0.717) is 11.6 Å². The Morgan fingerprint density at radius 1 is 1.18 bits per heavy atom. The summed E-state index contributed by atoms with van der Waals surface area (Å²) in [5.74, 6) is 0.617. The zero-order valence-electron chi connectivity index (χ0n) is 12.4. The Bertz CT molecular complexity index is 639. The first-order chi connectivity index (χ1) is 10.6. The van der Waals surface area contributed by atoms with E-state index in [1.54, 1.807) is 12.3 Å². The number of hydrogen-bond acceptors (Lipinski definition) is 3. The van der Waals surface area contributed by atoms with Gasteiger partial charge < -0.3 is 4.74 Å². The van der Waals surface area contributed by atoms with Crippen LogP contribution in [0.25, 0.3) is 11.1 Å². The average Bonchev–Trinajstić information content (AvgIpc) is 3.39. The van der Waals surface area contributed by atoms with E-state index >= 15 is 0 Å². The fourth-order valence-corrected chi connectivity index (χ4v) is 2.21. The van der Waals surface area contributed by atoms with Crippen LogP contribution in [0.5, 0.6) is 0 Å². The molecule has 2 heterocycles. The first kappa shape index (κ1) is 15.0. The zero-order chi connectivity index (χ0) is 15.6. The number of hydrogen-bond donors (Lipinski definition) is 0. The normalized spacial score (nSPS) is 15.0. The molecule has 1 fully saturated rings. The van der Waals surface area contributed by atoms with Gasteiger partial charge in [0.15, 0.2) is 0 Å². The van der Waals surface area contributed by atoms with Crippen molar-refractivity contribution in [2.45, 2.75) is 44.8 Å². The van der Waals surface area contributed by atoms with Crippen molar-refractivity contribution in [2.24, 2.45) is 0 Å². The molecule has 0 aliphatic heterocycles. The third-order valence-corrected chi connectivity index (χ3v) is 3.77. The molecule has 0 saturated heterocycles. The fraction of sp³-hybridized carbons (Fsp3) is 0.412. The number of pyridine rings is 2. The number of ether oxygens (including phenoxy) is 1. The molecule has 0 atom stereocenters. The van der Waals surface area contributed by atoms with Gasteiger partial charge in [0, 0.05) is 36.0 Å². The van der Waals surface area contributed by atoms with Crippen molar-refractivity contribution in [2.75, 3.05) is 0 Å². The molecule has 1 aliphatic carbocycles. The van der Waals surface area contributed by atoms with Crippen LogP contribution < -0.4 is 0 Å². The van der Waals surface area contributed by atoms with Crippen molar-refractivity contribution in [3.63, 3.8) is 0 Å². The van der Waals surface area contributed by atoms with Gasteiger partial charge in [0.25, 0.3) is 0 Å². The summed E-state index contributed by atoms with van der Waals surface area (Å²) < 4.78 is 30.9. The lowest BCUT2D eigenvalue weighted by atomic mass is 10.1. The molecule has 116 valence electrons. The van der Waals surface area contributed by atoms with Gasteiger partial charge >= 0.3 is 6.11 Å². The Labute approximate surface area is 128 Å². The second-order valence-electron chi connectivity index (χ2n) is 5.56. The summed E-state index contributed by atoms with van der Waals surface area (Å²) in [5, 5.41) is 0. The van der Waals surface area contributed by atoms with Crippen LogP contribution in [-0.4, -0.2) is 16.1 Å². The van der Waals surface area contributed by atoms with Crippen LogP contribution in [-0.2, 0) is 11.3 Å². The molecule has 22 heavy (non-hydrogen) atoms. The topological polar surface area (TPSA) is 35.0 Å². The van der Waals surface area contributed by atoms with E-state index < -0.39 is 6.11 Å². The number of halogens is 2. The minimum Gasteiger partial charge on any atom is -0.314 e. The molecule has 0 unspecified atom stereocenters. The highest BCUT2D eigenvalue weighted by molar-refractivity contribution is 5.62. The highest BCUT2D eigenvalue weighted by Crippen LogP contribution is 2.39. The maximum absolute atomic E-state index is 13.1. The van der Waals surface area contributed by atoms with Gasteiger partial charge in [-0.1, -0.05) is 13.0 Å². The Morgan fingerprint density at radius 3 is 2.64 bits per heavy atom. The monoisotopic (exact) mass is 304 g/mol. The van der Waals surface area contributed by atoms with E-state index in [1.165, 1.54) is 19.8 Å². The van der Waals surface area contributed by atoms with E-state index in [1.807, 2.05) is 24.4 Å². The van der Waals surface area contributed by atoms with Gasteiger partial charge in [0.1, 0.15) is 0 Å². The molecule has 0 amide bonds. The molecule has 1 saturated carbocycles. The minimum absolute atomic E-state index is 0.206. The second-order valence-corrected chi connectivity index (χ2v) is 5.56. The Morgan fingerprint density at radius 2 is 2.00 bits per heavy atom. The minimum atomic E-state index is -3.11. The molecule has 0 bridgehead atoms. The van der Waals surface area contributed by atoms with Gasteiger partial charge in [0.2, 0.25) is 0 Å². The molecule has 0 radical (unpaired) electrons. The standard InChI is InChI=1S/C17H18F2N2O/c1-2-17(18,19)22-11-15-9-13(7-8-20-15)14-5-6-16(21-10-14)12-3-4-12/h5-10,12H,2-4,11H2,1H3. The number of alkyl halides is 2. The van der Waals surface area contributed by atoms with Gasteiger partial charge in [-0.25, -0.2) is 0 Å². The van der Waals surface area contributed by atoms with Crippen molar-refractivity contribution < 1.29 is 13.5 Å². The van der Waals surface area contributed by atoms with Crippen LogP contribution in [0.2, 0.25) is 0 Å². The maximum atomic E-state index is 13.1. The summed E-state index contributed by atoms with van der Waals surface area (Å²) in [6.45, 7) is 1.18. The smallest absolute Gasteiger partial charge is 0.314 e. The Hall–Kier alpha value is -1.88. The highest BCUT2D eigenvalue weighted by atomic mass is 19.3. The second kappa shape index (κ2) is 6.08. The zero-order valence-corrected chi connectivity index (χ0v) is 12.4. The van der Waals surface area contributed by atoms with Crippen molar-refractivity contribution in [1.29, 1.82) is 0 Å². The van der Waals surface area contributed by atoms with Crippen LogP contribution in [0.3, 0.4) is 0 Å². The number of nitrogens with zero attached hydrogens (tertiary/aromatic N) is 2. The third kappa shape index (κ3) is 3.65. The molecule has 0 spiro atoms. The van der Waals surface area contributed by atoms with Crippen molar-refractivity contribution in [1.82, 2.24) is 9.97 Å². The molecule has 3 rings (SSSR count). The van der Waals surface area contributed by atoms with Crippen LogP contribution in [0.15, 0.2) is 36.7 Å². The maximum Gasteiger partial charge on any atom is 0.355 e. The molecule has 1 aliphatic rings. The summed E-state index contributed by atoms with van der Waals surface area (Å²) in [6.07, 6.45) is 2.41. The first-order valence-electron chi connectivity index (χ1n) is 7.50. The summed E-state index contributed by atoms with van der Waals surface area (Å²) in [5.41, 5.74) is 3.47. The molecule has 5 heteroatoms. The van der Waals surface area contributed by atoms with E-state index in [2.05, 4.69) is 14.7 Å². The van der Waals surface area contributed by atoms with Crippen molar-refractivity contribution >= 4 is 0 Å². The van der Waals surface area contributed by atoms with Crippen molar-refractivity contribution in [3.8, 4) is 11.1 Å². The van der Waals surface area contributed by atoms with Crippen molar-refractivity contribution in [3.05, 3.63) is 48.0 Å². The molecule has 2 aromatic rings. The molecule has 2 aromatic heterocycles. The predicted molar refractivity (Wildman–Crippen MR) is 79.5 cm³/mol. The van der Waals surface area contributed by atoms with Crippen LogP contribution >= 0.6 is 0 Å². The summed E-state index contributed by atoms with van der Waals surface area (Å²) in [4.78, 5) is 8.55. The van der Waals surface area contributed by atoms with E-state index in [9.17, 15) is 8.78 Å². The lowest BCUT2D eigenvalue weighted by Gasteiger charge is -2.14. The molecule has 0 aromatic carbocycles. The van der Waals surface area contributed by atoms with Gasteiger partial charge in [-0.05, 0) is 36.6 Å². The highest BCUT2D eigenvalue weighted by Gasteiger charge is 2.27. The van der Waals surface area contributed by atoms with Crippen LogP contribution in [0.1, 0.15) is 43.5 Å². The molecular weight excluding hydrogens is 286 g/mol. The van der Waals surface area contributed by atoms with Gasteiger partial charge in [-0.2, -0.15) is 8.78 Å². The quantitative estimate of drug-likeness (QED) is 0.786.